The lowest BCUT2D eigenvalue weighted by Gasteiger charge is -2.22. The van der Waals surface area contributed by atoms with Gasteiger partial charge in [0.05, 0.1) is 30.5 Å². The van der Waals surface area contributed by atoms with Gasteiger partial charge in [-0.05, 0) is 40.3 Å². The zero-order chi connectivity index (χ0) is 17.3. The second-order valence-electron chi connectivity index (χ2n) is 6.85. The zero-order valence-electron chi connectivity index (χ0n) is 15.0. The van der Waals surface area contributed by atoms with Crippen LogP contribution in [-0.4, -0.2) is 44.9 Å². The van der Waals surface area contributed by atoms with E-state index < -0.39 is 0 Å². The molecule has 3 heterocycles. The van der Waals surface area contributed by atoms with E-state index in [1.54, 1.807) is 6.26 Å². The Balaban J connectivity index is 1.83. The molecule has 0 fully saturated rings. The Morgan fingerprint density at radius 3 is 2.88 bits per heavy atom. The van der Waals surface area contributed by atoms with Gasteiger partial charge in [-0.1, -0.05) is 0 Å². The maximum atomic E-state index is 12.8. The minimum absolute atomic E-state index is 0.0321. The van der Waals surface area contributed by atoms with E-state index in [0.29, 0.717) is 18.3 Å². The van der Waals surface area contributed by atoms with Crippen LogP contribution in [0.1, 0.15) is 47.8 Å². The molecule has 0 radical (unpaired) electrons. The van der Waals surface area contributed by atoms with Crippen LogP contribution < -0.4 is 0 Å². The van der Waals surface area contributed by atoms with Crippen molar-refractivity contribution in [2.24, 2.45) is 0 Å². The van der Waals surface area contributed by atoms with E-state index in [-0.39, 0.29) is 5.91 Å². The quantitative estimate of drug-likeness (QED) is 0.865. The topological polar surface area (TPSA) is 54.5 Å². The summed E-state index contributed by atoms with van der Waals surface area (Å²) < 4.78 is 7.58. The minimum Gasteiger partial charge on any atom is -0.459 e. The number of nitrogens with zero attached hydrogens (tertiary/aromatic N) is 4. The van der Waals surface area contributed by atoms with Gasteiger partial charge in [0.15, 0.2) is 5.76 Å². The van der Waals surface area contributed by atoms with Crippen LogP contribution in [0.4, 0.5) is 0 Å². The average Bonchev–Trinajstić information content (AvgIpc) is 3.06. The first-order valence-corrected chi connectivity index (χ1v) is 8.54. The van der Waals surface area contributed by atoms with E-state index in [0.717, 1.165) is 43.0 Å². The molecular formula is C18H26N4O2. The Morgan fingerprint density at radius 2 is 2.21 bits per heavy atom. The van der Waals surface area contributed by atoms with Gasteiger partial charge in [0.2, 0.25) is 0 Å². The average molecular weight is 330 g/mol. The SMILES string of the molecule is Cc1ccoc1C(=O)N1CCCn2cnc(CN(C)C(C)C)c2C1. The lowest BCUT2D eigenvalue weighted by atomic mass is 10.2. The molecule has 130 valence electrons. The van der Waals surface area contributed by atoms with Crippen LogP contribution in [0.25, 0.3) is 0 Å². The molecule has 0 bridgehead atoms. The lowest BCUT2D eigenvalue weighted by molar-refractivity contribution is 0.0711. The van der Waals surface area contributed by atoms with E-state index in [4.69, 9.17) is 4.42 Å². The third kappa shape index (κ3) is 3.24. The van der Waals surface area contributed by atoms with Crippen molar-refractivity contribution in [3.63, 3.8) is 0 Å². The molecule has 2 aromatic rings. The van der Waals surface area contributed by atoms with Gasteiger partial charge in [0.1, 0.15) is 0 Å². The summed E-state index contributed by atoms with van der Waals surface area (Å²) in [4.78, 5) is 21.5. The Labute approximate surface area is 143 Å². The van der Waals surface area contributed by atoms with E-state index in [1.807, 2.05) is 24.2 Å². The van der Waals surface area contributed by atoms with E-state index in [1.165, 1.54) is 0 Å². The van der Waals surface area contributed by atoms with Crippen molar-refractivity contribution < 1.29 is 9.21 Å². The number of fused-ring (bicyclic) bond motifs is 1. The van der Waals surface area contributed by atoms with Gasteiger partial charge in [-0.2, -0.15) is 0 Å². The molecular weight excluding hydrogens is 304 g/mol. The molecule has 0 spiro atoms. The van der Waals surface area contributed by atoms with Crippen LogP contribution in [0, 0.1) is 6.92 Å². The van der Waals surface area contributed by atoms with Gasteiger partial charge in [0.25, 0.3) is 5.91 Å². The van der Waals surface area contributed by atoms with Gasteiger partial charge >= 0.3 is 0 Å². The minimum atomic E-state index is -0.0321. The van der Waals surface area contributed by atoms with Crippen LogP contribution in [0.5, 0.6) is 0 Å². The first kappa shape index (κ1) is 16.8. The molecule has 2 aromatic heterocycles. The number of hydrogen-bond acceptors (Lipinski definition) is 4. The van der Waals surface area contributed by atoms with Crippen molar-refractivity contribution in [1.29, 1.82) is 0 Å². The van der Waals surface area contributed by atoms with Crippen molar-refractivity contribution >= 4 is 5.91 Å². The monoisotopic (exact) mass is 330 g/mol. The standard InChI is InChI=1S/C18H26N4O2/c1-13(2)20(4)10-15-16-11-21(7-5-8-22(16)12-19-15)18(23)17-14(3)6-9-24-17/h6,9,12-13H,5,7-8,10-11H2,1-4H3. The molecule has 24 heavy (non-hydrogen) atoms. The van der Waals surface area contributed by atoms with Crippen molar-refractivity contribution in [2.75, 3.05) is 13.6 Å². The Kier molecular flexibility index (Phi) is 4.76. The number of rotatable bonds is 4. The highest BCUT2D eigenvalue weighted by molar-refractivity contribution is 5.92. The number of furan rings is 1. The van der Waals surface area contributed by atoms with E-state index in [9.17, 15) is 4.79 Å². The van der Waals surface area contributed by atoms with Gasteiger partial charge in [-0.25, -0.2) is 4.98 Å². The first-order valence-electron chi connectivity index (χ1n) is 8.54. The molecule has 0 saturated heterocycles. The molecule has 1 aliphatic heterocycles. The molecule has 0 aliphatic carbocycles. The normalized spacial score (nSPS) is 15.0. The van der Waals surface area contributed by atoms with Crippen molar-refractivity contribution in [3.05, 3.63) is 41.4 Å². The highest BCUT2D eigenvalue weighted by Gasteiger charge is 2.26. The van der Waals surface area contributed by atoms with Crippen LogP contribution in [-0.2, 0) is 19.6 Å². The third-order valence-corrected chi connectivity index (χ3v) is 4.82. The second kappa shape index (κ2) is 6.81. The molecule has 6 nitrogen and oxygen atoms in total. The van der Waals surface area contributed by atoms with Crippen molar-refractivity contribution in [3.8, 4) is 0 Å². The molecule has 0 unspecified atom stereocenters. The maximum Gasteiger partial charge on any atom is 0.290 e. The summed E-state index contributed by atoms with van der Waals surface area (Å²) in [5.41, 5.74) is 3.08. The summed E-state index contributed by atoms with van der Waals surface area (Å²) in [6.07, 6.45) is 4.41. The summed E-state index contributed by atoms with van der Waals surface area (Å²) in [6, 6.07) is 2.29. The zero-order valence-corrected chi connectivity index (χ0v) is 15.0. The van der Waals surface area contributed by atoms with Gasteiger partial charge in [-0.15, -0.1) is 0 Å². The fraction of sp³-hybridized carbons (Fsp3) is 0.556. The van der Waals surface area contributed by atoms with Crippen molar-refractivity contribution in [2.45, 2.75) is 52.9 Å². The molecule has 6 heteroatoms. The number of carbonyl (C=O) groups is 1. The first-order chi connectivity index (χ1) is 11.5. The van der Waals surface area contributed by atoms with Crippen LogP contribution >= 0.6 is 0 Å². The summed E-state index contributed by atoms with van der Waals surface area (Å²) in [6.45, 7) is 9.26. The predicted octanol–water partition coefficient (Wildman–Crippen LogP) is 2.67. The van der Waals surface area contributed by atoms with Crippen molar-refractivity contribution in [1.82, 2.24) is 19.4 Å². The molecule has 0 N–H and O–H groups in total. The van der Waals surface area contributed by atoms with Gasteiger partial charge in [-0.3, -0.25) is 9.69 Å². The van der Waals surface area contributed by atoms with E-state index >= 15 is 0 Å². The molecule has 0 saturated carbocycles. The third-order valence-electron chi connectivity index (χ3n) is 4.82. The predicted molar refractivity (Wildman–Crippen MR) is 91.6 cm³/mol. The molecule has 3 rings (SSSR count). The smallest absolute Gasteiger partial charge is 0.290 e. The maximum absolute atomic E-state index is 12.8. The Bertz CT molecular complexity index is 716. The number of aryl methyl sites for hydroxylation is 2. The Hall–Kier alpha value is -2.08. The fourth-order valence-electron chi connectivity index (χ4n) is 2.98. The number of amides is 1. The highest BCUT2D eigenvalue weighted by atomic mass is 16.3. The number of imidazole rings is 1. The Morgan fingerprint density at radius 1 is 1.42 bits per heavy atom. The van der Waals surface area contributed by atoms with Crippen LogP contribution in [0.3, 0.4) is 0 Å². The largest absolute Gasteiger partial charge is 0.459 e. The molecule has 1 amide bonds. The van der Waals surface area contributed by atoms with Crippen LogP contribution in [0.2, 0.25) is 0 Å². The fourth-order valence-corrected chi connectivity index (χ4v) is 2.98. The lowest BCUT2D eigenvalue weighted by Crippen LogP contribution is -2.32. The van der Waals surface area contributed by atoms with Crippen LogP contribution in [0.15, 0.2) is 23.1 Å². The molecule has 1 aliphatic rings. The molecule has 0 atom stereocenters. The van der Waals surface area contributed by atoms with E-state index in [2.05, 4.69) is 35.3 Å². The number of hydrogen-bond donors (Lipinski definition) is 0. The summed E-state index contributed by atoms with van der Waals surface area (Å²) in [5, 5.41) is 0. The van der Waals surface area contributed by atoms with Gasteiger partial charge < -0.3 is 13.9 Å². The second-order valence-corrected chi connectivity index (χ2v) is 6.85. The number of aromatic nitrogens is 2. The molecule has 0 aromatic carbocycles. The summed E-state index contributed by atoms with van der Waals surface area (Å²) in [5.74, 6) is 0.416. The van der Waals surface area contributed by atoms with Gasteiger partial charge in [0, 0.05) is 31.2 Å². The highest BCUT2D eigenvalue weighted by Crippen LogP contribution is 2.21. The summed E-state index contributed by atoms with van der Waals surface area (Å²) >= 11 is 0. The summed E-state index contributed by atoms with van der Waals surface area (Å²) in [7, 11) is 2.10. The number of carbonyl (C=O) groups excluding carboxylic acids is 1.